The van der Waals surface area contributed by atoms with Crippen molar-refractivity contribution in [3.63, 3.8) is 0 Å². The SMILES string of the molecule is COc1ccc(C(=O)N2CCOCC2CN)cc1C. The third-order valence-electron chi connectivity index (χ3n) is 3.40. The van der Waals surface area contributed by atoms with Gasteiger partial charge in [-0.15, -0.1) is 0 Å². The molecule has 1 atom stereocenters. The van der Waals surface area contributed by atoms with E-state index < -0.39 is 0 Å². The number of carbonyl (C=O) groups excluding carboxylic acids is 1. The van der Waals surface area contributed by atoms with Crippen molar-refractivity contribution in [1.29, 1.82) is 0 Å². The highest BCUT2D eigenvalue weighted by Crippen LogP contribution is 2.20. The van der Waals surface area contributed by atoms with Gasteiger partial charge in [0.1, 0.15) is 5.75 Å². The maximum Gasteiger partial charge on any atom is 0.254 e. The molecule has 1 saturated heterocycles. The first-order chi connectivity index (χ1) is 9.17. The molecule has 1 heterocycles. The van der Waals surface area contributed by atoms with Gasteiger partial charge in [0.15, 0.2) is 0 Å². The summed E-state index contributed by atoms with van der Waals surface area (Å²) in [5, 5.41) is 0. The molecule has 1 unspecified atom stereocenters. The van der Waals surface area contributed by atoms with E-state index >= 15 is 0 Å². The molecule has 0 radical (unpaired) electrons. The molecule has 104 valence electrons. The predicted molar refractivity (Wildman–Crippen MR) is 72.4 cm³/mol. The summed E-state index contributed by atoms with van der Waals surface area (Å²) in [5.74, 6) is 0.790. The standard InChI is InChI=1S/C14H20N2O3/c1-10-7-11(3-4-13(10)18-2)14(17)16-5-6-19-9-12(16)8-15/h3-4,7,12H,5-6,8-9,15H2,1-2H3. The summed E-state index contributed by atoms with van der Waals surface area (Å²) in [5.41, 5.74) is 7.31. The Balaban J connectivity index is 2.20. The number of aryl methyl sites for hydroxylation is 1. The molecule has 19 heavy (non-hydrogen) atoms. The first-order valence-electron chi connectivity index (χ1n) is 6.40. The molecule has 0 aromatic heterocycles. The number of nitrogens with zero attached hydrogens (tertiary/aromatic N) is 1. The van der Waals surface area contributed by atoms with Gasteiger partial charge < -0.3 is 20.1 Å². The summed E-state index contributed by atoms with van der Waals surface area (Å²) >= 11 is 0. The van der Waals surface area contributed by atoms with Crippen molar-refractivity contribution >= 4 is 5.91 Å². The Morgan fingerprint density at radius 2 is 2.37 bits per heavy atom. The number of morpholine rings is 1. The summed E-state index contributed by atoms with van der Waals surface area (Å²) in [6.45, 7) is 4.01. The number of amides is 1. The smallest absolute Gasteiger partial charge is 0.254 e. The molecule has 5 nitrogen and oxygen atoms in total. The van der Waals surface area contributed by atoms with Crippen LogP contribution in [0.15, 0.2) is 18.2 Å². The predicted octanol–water partition coefficient (Wildman–Crippen LogP) is 0.803. The normalized spacial score (nSPS) is 19.3. The second kappa shape index (κ2) is 6.04. The molecule has 1 aliphatic heterocycles. The summed E-state index contributed by atoms with van der Waals surface area (Å²) < 4.78 is 10.6. The van der Waals surface area contributed by atoms with Gasteiger partial charge in [0, 0.05) is 18.7 Å². The highest BCUT2D eigenvalue weighted by molar-refractivity contribution is 5.95. The first-order valence-corrected chi connectivity index (χ1v) is 6.40. The molecule has 0 spiro atoms. The minimum atomic E-state index is -0.0383. The fourth-order valence-electron chi connectivity index (χ4n) is 2.29. The van der Waals surface area contributed by atoms with Crippen LogP contribution in [0.4, 0.5) is 0 Å². The Bertz CT molecular complexity index is 462. The van der Waals surface area contributed by atoms with Crippen LogP contribution in [0.3, 0.4) is 0 Å². The molecule has 1 aromatic carbocycles. The Labute approximate surface area is 113 Å². The van der Waals surface area contributed by atoms with Gasteiger partial charge in [-0.2, -0.15) is 0 Å². The van der Waals surface area contributed by atoms with Gasteiger partial charge in [-0.25, -0.2) is 0 Å². The van der Waals surface area contributed by atoms with Crippen molar-refractivity contribution in [3.8, 4) is 5.75 Å². The molecule has 2 rings (SSSR count). The zero-order valence-corrected chi connectivity index (χ0v) is 11.4. The van der Waals surface area contributed by atoms with E-state index in [2.05, 4.69) is 0 Å². The van der Waals surface area contributed by atoms with E-state index in [9.17, 15) is 4.79 Å². The highest BCUT2D eigenvalue weighted by atomic mass is 16.5. The minimum Gasteiger partial charge on any atom is -0.496 e. The van der Waals surface area contributed by atoms with Gasteiger partial charge in [0.2, 0.25) is 0 Å². The molecule has 5 heteroatoms. The lowest BCUT2D eigenvalue weighted by Crippen LogP contribution is -2.52. The monoisotopic (exact) mass is 264 g/mol. The van der Waals surface area contributed by atoms with Gasteiger partial charge in [-0.3, -0.25) is 4.79 Å². The van der Waals surface area contributed by atoms with Crippen LogP contribution in [0.2, 0.25) is 0 Å². The van der Waals surface area contributed by atoms with E-state index in [0.717, 1.165) is 11.3 Å². The van der Waals surface area contributed by atoms with Gasteiger partial charge in [0.25, 0.3) is 5.91 Å². The van der Waals surface area contributed by atoms with Crippen LogP contribution in [0.25, 0.3) is 0 Å². The van der Waals surface area contributed by atoms with Crippen LogP contribution in [-0.4, -0.2) is 50.3 Å². The van der Waals surface area contributed by atoms with Crippen LogP contribution >= 0.6 is 0 Å². The number of benzene rings is 1. The van der Waals surface area contributed by atoms with Crippen molar-refractivity contribution < 1.29 is 14.3 Å². The maximum atomic E-state index is 12.5. The van der Waals surface area contributed by atoms with E-state index in [1.807, 2.05) is 19.1 Å². The number of hydrogen-bond donors (Lipinski definition) is 1. The fourth-order valence-corrected chi connectivity index (χ4v) is 2.29. The number of rotatable bonds is 3. The second-order valence-corrected chi connectivity index (χ2v) is 4.65. The highest BCUT2D eigenvalue weighted by Gasteiger charge is 2.27. The third-order valence-corrected chi connectivity index (χ3v) is 3.40. The fraction of sp³-hybridized carbons (Fsp3) is 0.500. The second-order valence-electron chi connectivity index (χ2n) is 4.65. The van der Waals surface area contributed by atoms with Gasteiger partial charge in [-0.1, -0.05) is 0 Å². The van der Waals surface area contributed by atoms with Crippen LogP contribution in [-0.2, 0) is 4.74 Å². The zero-order valence-electron chi connectivity index (χ0n) is 11.4. The molecule has 1 amide bonds. The van der Waals surface area contributed by atoms with Crippen molar-refractivity contribution in [2.24, 2.45) is 5.73 Å². The summed E-state index contributed by atoms with van der Waals surface area (Å²) in [6, 6.07) is 5.42. The van der Waals surface area contributed by atoms with E-state index in [4.69, 9.17) is 15.2 Å². The minimum absolute atomic E-state index is 0.00417. The lowest BCUT2D eigenvalue weighted by molar-refractivity contribution is 0.000834. The molecular formula is C14H20N2O3. The van der Waals surface area contributed by atoms with E-state index in [1.54, 1.807) is 18.1 Å². The summed E-state index contributed by atoms with van der Waals surface area (Å²) in [4.78, 5) is 14.3. The summed E-state index contributed by atoms with van der Waals surface area (Å²) in [7, 11) is 1.62. The lowest BCUT2D eigenvalue weighted by Gasteiger charge is -2.35. The van der Waals surface area contributed by atoms with Crippen molar-refractivity contribution in [2.45, 2.75) is 13.0 Å². The van der Waals surface area contributed by atoms with E-state index in [-0.39, 0.29) is 11.9 Å². The van der Waals surface area contributed by atoms with E-state index in [0.29, 0.717) is 31.9 Å². The third kappa shape index (κ3) is 2.88. The molecule has 1 aromatic rings. The molecule has 0 aliphatic carbocycles. The quantitative estimate of drug-likeness (QED) is 0.877. The van der Waals surface area contributed by atoms with Crippen molar-refractivity contribution in [1.82, 2.24) is 4.90 Å². The molecule has 1 fully saturated rings. The van der Waals surface area contributed by atoms with E-state index in [1.165, 1.54) is 0 Å². The summed E-state index contributed by atoms with van der Waals surface area (Å²) in [6.07, 6.45) is 0. The number of hydrogen-bond acceptors (Lipinski definition) is 4. The van der Waals surface area contributed by atoms with Crippen LogP contribution in [0, 0.1) is 6.92 Å². The Morgan fingerprint density at radius 1 is 1.58 bits per heavy atom. The Morgan fingerprint density at radius 3 is 3.00 bits per heavy atom. The van der Waals surface area contributed by atoms with Gasteiger partial charge in [0.05, 0.1) is 26.4 Å². The number of ether oxygens (including phenoxy) is 2. The Hall–Kier alpha value is -1.59. The van der Waals surface area contributed by atoms with Crippen molar-refractivity contribution in [2.75, 3.05) is 33.4 Å². The van der Waals surface area contributed by atoms with Crippen LogP contribution < -0.4 is 10.5 Å². The zero-order chi connectivity index (χ0) is 13.8. The number of carbonyl (C=O) groups is 1. The molecule has 0 bridgehead atoms. The molecule has 1 aliphatic rings. The first kappa shape index (κ1) is 13.8. The molecule has 2 N–H and O–H groups in total. The topological polar surface area (TPSA) is 64.8 Å². The molecule has 0 saturated carbocycles. The average Bonchev–Trinajstić information content (AvgIpc) is 2.46. The van der Waals surface area contributed by atoms with Crippen LogP contribution in [0.5, 0.6) is 5.75 Å². The van der Waals surface area contributed by atoms with Gasteiger partial charge in [-0.05, 0) is 30.7 Å². The Kier molecular flexibility index (Phi) is 4.39. The number of methoxy groups -OCH3 is 1. The maximum absolute atomic E-state index is 12.5. The van der Waals surface area contributed by atoms with Crippen molar-refractivity contribution in [3.05, 3.63) is 29.3 Å². The molecular weight excluding hydrogens is 244 g/mol. The van der Waals surface area contributed by atoms with Crippen LogP contribution in [0.1, 0.15) is 15.9 Å². The van der Waals surface area contributed by atoms with Gasteiger partial charge >= 0.3 is 0 Å². The lowest BCUT2D eigenvalue weighted by atomic mass is 10.1. The largest absolute Gasteiger partial charge is 0.496 e. The number of nitrogens with two attached hydrogens (primary N) is 1. The average molecular weight is 264 g/mol.